The number of hydrogen-bond acceptors (Lipinski definition) is 4. The van der Waals surface area contributed by atoms with E-state index in [9.17, 15) is 0 Å². The number of pyridine rings is 1. The molecule has 0 atom stereocenters. The lowest BCUT2D eigenvalue weighted by Gasteiger charge is -2.09. The number of rotatable bonds is 0. The Morgan fingerprint density at radius 1 is 1.33 bits per heavy atom. The largest absolute Gasteiger partial charge is 0.288 e. The normalized spacial score (nSPS) is 14.8. The zero-order valence-corrected chi connectivity index (χ0v) is 9.48. The minimum atomic E-state index is 0.642. The smallest absolute Gasteiger partial charge is 0.116 e. The molecular weight excluding hydrogens is 256 g/mol. The highest BCUT2D eigenvalue weighted by molar-refractivity contribution is 9.10. The molecule has 0 amide bonds. The van der Waals surface area contributed by atoms with Gasteiger partial charge in [-0.15, -0.1) is 0 Å². The van der Waals surface area contributed by atoms with Gasteiger partial charge in [-0.3, -0.25) is 13.9 Å². The second kappa shape index (κ2) is 3.08. The number of anilines is 2. The predicted octanol–water partition coefficient (Wildman–Crippen LogP) is 2.00. The lowest BCUT2D eigenvalue weighted by Crippen LogP contribution is -2.31. The van der Waals surface area contributed by atoms with Crippen LogP contribution in [0.15, 0.2) is 30.6 Å². The van der Waals surface area contributed by atoms with Crippen LogP contribution in [0.2, 0.25) is 0 Å². The highest BCUT2D eigenvalue weighted by Crippen LogP contribution is 2.41. The molecule has 0 saturated carbocycles. The van der Waals surface area contributed by atoms with Crippen molar-refractivity contribution in [2.24, 2.45) is 5.84 Å². The summed E-state index contributed by atoms with van der Waals surface area (Å²) in [6.45, 7) is 0.642. The van der Waals surface area contributed by atoms with Crippen LogP contribution >= 0.6 is 16.1 Å². The van der Waals surface area contributed by atoms with E-state index >= 15 is 0 Å². The molecule has 5 heteroatoms. The number of aromatic nitrogens is 1. The molecule has 1 aromatic heterocycles. The van der Waals surface area contributed by atoms with E-state index in [1.54, 1.807) is 11.2 Å². The Hall–Kier alpha value is -1.33. The van der Waals surface area contributed by atoms with Crippen LogP contribution in [0.4, 0.5) is 11.4 Å². The first-order chi connectivity index (χ1) is 7.27. The molecule has 0 spiro atoms. The van der Waals surface area contributed by atoms with E-state index in [4.69, 9.17) is 5.84 Å². The van der Waals surface area contributed by atoms with E-state index in [-0.39, 0.29) is 0 Å². The van der Waals surface area contributed by atoms with E-state index in [1.165, 1.54) is 5.39 Å². The fourth-order valence-corrected chi connectivity index (χ4v) is 2.52. The second-order valence-corrected chi connectivity index (χ2v) is 4.36. The first-order valence-corrected chi connectivity index (χ1v) is 5.30. The van der Waals surface area contributed by atoms with Crippen molar-refractivity contribution in [2.75, 3.05) is 15.6 Å². The summed E-state index contributed by atoms with van der Waals surface area (Å²) in [5.74, 6) is 5.87. The number of hydrogen-bond donors (Lipinski definition) is 1. The van der Waals surface area contributed by atoms with Gasteiger partial charge in [-0.25, -0.2) is 5.84 Å². The molecule has 4 nitrogen and oxygen atoms in total. The molecule has 1 aromatic carbocycles. The van der Waals surface area contributed by atoms with Gasteiger partial charge in [0.1, 0.15) is 6.67 Å². The summed E-state index contributed by atoms with van der Waals surface area (Å²) in [6.07, 6.45) is 3.66. The fraction of sp³-hybridized carbons (Fsp3) is 0.100. The maximum absolute atomic E-state index is 5.87. The van der Waals surface area contributed by atoms with Gasteiger partial charge in [0.25, 0.3) is 0 Å². The van der Waals surface area contributed by atoms with E-state index in [1.807, 2.05) is 22.3 Å². The second-order valence-electron chi connectivity index (χ2n) is 3.50. The first kappa shape index (κ1) is 8.94. The standard InChI is InChI=1S/C10H9BrN4/c11-14-6-15(12)9-2-1-7-3-4-13-5-8(7)10(9)14/h1-5H,6,12H2. The van der Waals surface area contributed by atoms with Crippen LogP contribution in [0.3, 0.4) is 0 Å². The van der Waals surface area contributed by atoms with Gasteiger partial charge >= 0.3 is 0 Å². The molecule has 76 valence electrons. The van der Waals surface area contributed by atoms with Crippen molar-refractivity contribution in [2.45, 2.75) is 0 Å². The summed E-state index contributed by atoms with van der Waals surface area (Å²) in [7, 11) is 0. The zero-order valence-electron chi connectivity index (χ0n) is 7.89. The molecule has 2 aromatic rings. The zero-order chi connectivity index (χ0) is 10.4. The highest BCUT2D eigenvalue weighted by Gasteiger charge is 2.24. The predicted molar refractivity (Wildman–Crippen MR) is 64.7 cm³/mol. The third kappa shape index (κ3) is 1.20. The van der Waals surface area contributed by atoms with Crippen molar-refractivity contribution < 1.29 is 0 Å². The van der Waals surface area contributed by atoms with Gasteiger partial charge in [0, 0.05) is 17.8 Å². The average Bonchev–Trinajstić information content (AvgIpc) is 2.55. The Balaban J connectivity index is 2.39. The number of fused-ring (bicyclic) bond motifs is 3. The van der Waals surface area contributed by atoms with Crippen LogP contribution in [0.1, 0.15) is 0 Å². The Kier molecular flexibility index (Phi) is 1.83. The van der Waals surface area contributed by atoms with Crippen molar-refractivity contribution in [3.63, 3.8) is 0 Å². The summed E-state index contributed by atoms with van der Waals surface area (Å²) in [5, 5.41) is 3.99. The highest BCUT2D eigenvalue weighted by atomic mass is 79.9. The van der Waals surface area contributed by atoms with Crippen LogP contribution in [0.5, 0.6) is 0 Å². The lowest BCUT2D eigenvalue weighted by atomic mass is 10.1. The Bertz CT molecular complexity index is 528. The number of nitrogens with zero attached hydrogens (tertiary/aromatic N) is 3. The maximum atomic E-state index is 5.87. The van der Waals surface area contributed by atoms with Crippen molar-refractivity contribution in [1.82, 2.24) is 4.98 Å². The third-order valence-electron chi connectivity index (χ3n) is 2.60. The van der Waals surface area contributed by atoms with Gasteiger partial charge < -0.3 is 0 Å². The minimum absolute atomic E-state index is 0.642. The van der Waals surface area contributed by atoms with E-state index in [0.29, 0.717) is 6.67 Å². The molecule has 0 radical (unpaired) electrons. The molecule has 0 saturated heterocycles. The Morgan fingerprint density at radius 3 is 3.07 bits per heavy atom. The third-order valence-corrected chi connectivity index (χ3v) is 3.18. The quantitative estimate of drug-likeness (QED) is 0.584. The van der Waals surface area contributed by atoms with Crippen LogP contribution in [0.25, 0.3) is 10.8 Å². The topological polar surface area (TPSA) is 45.4 Å². The monoisotopic (exact) mass is 264 g/mol. The Morgan fingerprint density at radius 2 is 2.20 bits per heavy atom. The van der Waals surface area contributed by atoms with Crippen molar-refractivity contribution in [3.05, 3.63) is 30.6 Å². The first-order valence-electron chi connectivity index (χ1n) is 4.59. The van der Waals surface area contributed by atoms with Gasteiger partial charge in [0.05, 0.1) is 27.5 Å². The molecule has 2 heterocycles. The van der Waals surface area contributed by atoms with E-state index in [0.717, 1.165) is 16.8 Å². The molecule has 2 N–H and O–H groups in total. The molecule has 0 unspecified atom stereocenters. The van der Waals surface area contributed by atoms with E-state index in [2.05, 4.69) is 27.2 Å². The Labute approximate surface area is 95.6 Å². The number of hydrazine groups is 1. The maximum Gasteiger partial charge on any atom is 0.116 e. The van der Waals surface area contributed by atoms with Crippen molar-refractivity contribution >= 4 is 38.3 Å². The van der Waals surface area contributed by atoms with Gasteiger partial charge in [-0.2, -0.15) is 0 Å². The lowest BCUT2D eigenvalue weighted by molar-refractivity contribution is 0.921. The molecule has 0 fully saturated rings. The molecule has 0 aliphatic carbocycles. The van der Waals surface area contributed by atoms with Crippen LogP contribution < -0.4 is 14.8 Å². The summed E-state index contributed by atoms with van der Waals surface area (Å²) in [6, 6.07) is 6.08. The van der Waals surface area contributed by atoms with E-state index < -0.39 is 0 Å². The average molecular weight is 265 g/mol. The summed E-state index contributed by atoms with van der Waals surface area (Å²) in [5.41, 5.74) is 2.11. The molecule has 3 rings (SSSR count). The number of benzene rings is 1. The summed E-state index contributed by atoms with van der Waals surface area (Å²) < 4.78 is 1.95. The summed E-state index contributed by atoms with van der Waals surface area (Å²) in [4.78, 5) is 4.14. The molecular formula is C10H9BrN4. The van der Waals surface area contributed by atoms with Gasteiger partial charge in [0.2, 0.25) is 0 Å². The van der Waals surface area contributed by atoms with Gasteiger partial charge in [0.15, 0.2) is 0 Å². The van der Waals surface area contributed by atoms with Crippen molar-refractivity contribution in [1.29, 1.82) is 0 Å². The molecule has 1 aliphatic rings. The van der Waals surface area contributed by atoms with Crippen LogP contribution in [-0.2, 0) is 0 Å². The minimum Gasteiger partial charge on any atom is -0.288 e. The van der Waals surface area contributed by atoms with Crippen LogP contribution in [-0.4, -0.2) is 11.7 Å². The number of nitrogens with two attached hydrogens (primary N) is 1. The fourth-order valence-electron chi connectivity index (χ4n) is 1.90. The molecule has 15 heavy (non-hydrogen) atoms. The van der Waals surface area contributed by atoms with Gasteiger partial charge in [-0.1, -0.05) is 6.07 Å². The van der Waals surface area contributed by atoms with Gasteiger partial charge in [-0.05, 0) is 17.5 Å². The molecule has 0 bridgehead atoms. The SMILES string of the molecule is NN1CN(Br)c2c1ccc1ccncc21. The molecule has 1 aliphatic heterocycles. The van der Waals surface area contributed by atoms with Crippen LogP contribution in [0, 0.1) is 0 Å². The number of halogens is 1. The summed E-state index contributed by atoms with van der Waals surface area (Å²) >= 11 is 3.48. The van der Waals surface area contributed by atoms with Crippen molar-refractivity contribution in [3.8, 4) is 0 Å².